The monoisotopic (exact) mass is 281 g/mol. The van der Waals surface area contributed by atoms with Crippen LogP contribution in [0.15, 0.2) is 0 Å². The highest BCUT2D eigenvalue weighted by molar-refractivity contribution is 6.05. The second kappa shape index (κ2) is 5.54. The summed E-state index contributed by atoms with van der Waals surface area (Å²) in [7, 11) is 0. The molecule has 112 valence electrons. The van der Waals surface area contributed by atoms with E-state index in [1.165, 1.54) is 4.90 Å². The molecule has 2 aliphatic rings. The zero-order valence-corrected chi connectivity index (χ0v) is 12.2. The number of amides is 2. The van der Waals surface area contributed by atoms with E-state index in [-0.39, 0.29) is 30.2 Å². The van der Waals surface area contributed by atoms with Gasteiger partial charge in [-0.1, -0.05) is 39.5 Å². The van der Waals surface area contributed by atoms with Gasteiger partial charge in [0, 0.05) is 18.4 Å². The van der Waals surface area contributed by atoms with E-state index in [2.05, 4.69) is 0 Å². The number of carboxylic acids is 1. The first-order chi connectivity index (χ1) is 9.39. The minimum Gasteiger partial charge on any atom is -0.481 e. The molecule has 2 atom stereocenters. The number of likely N-dealkylation sites (tertiary alicyclic amines) is 1. The molecule has 20 heavy (non-hydrogen) atoms. The lowest BCUT2D eigenvalue weighted by Gasteiger charge is -2.31. The number of hydrogen-bond donors (Lipinski definition) is 1. The molecule has 0 bridgehead atoms. The van der Waals surface area contributed by atoms with E-state index >= 15 is 0 Å². The lowest BCUT2D eigenvalue weighted by Crippen LogP contribution is -2.45. The molecular formula is C15H23NO4. The molecule has 5 heteroatoms. The highest BCUT2D eigenvalue weighted by Crippen LogP contribution is 2.38. The quantitative estimate of drug-likeness (QED) is 0.634. The Morgan fingerprint density at radius 1 is 1.10 bits per heavy atom. The summed E-state index contributed by atoms with van der Waals surface area (Å²) in [5.41, 5.74) is -0.939. The van der Waals surface area contributed by atoms with Gasteiger partial charge < -0.3 is 5.11 Å². The summed E-state index contributed by atoms with van der Waals surface area (Å²) in [5, 5.41) is 9.63. The summed E-state index contributed by atoms with van der Waals surface area (Å²) < 4.78 is 0. The Balaban J connectivity index is 2.22. The third-order valence-electron chi connectivity index (χ3n) is 5.04. The molecule has 2 fully saturated rings. The van der Waals surface area contributed by atoms with Gasteiger partial charge in [-0.15, -0.1) is 0 Å². The van der Waals surface area contributed by atoms with Crippen LogP contribution in [0.4, 0.5) is 0 Å². The molecule has 0 aromatic heterocycles. The van der Waals surface area contributed by atoms with Crippen molar-refractivity contribution in [2.45, 2.75) is 52.4 Å². The first kappa shape index (κ1) is 15.0. The van der Waals surface area contributed by atoms with Crippen LogP contribution in [-0.2, 0) is 14.4 Å². The second-order valence-corrected chi connectivity index (χ2v) is 6.34. The number of aliphatic carboxylic acids is 1. The average Bonchev–Trinajstić information content (AvgIpc) is 2.64. The summed E-state index contributed by atoms with van der Waals surface area (Å²) in [6.07, 6.45) is 4.89. The fourth-order valence-corrected chi connectivity index (χ4v) is 3.33. The second-order valence-electron chi connectivity index (χ2n) is 6.34. The maximum absolute atomic E-state index is 12.2. The number of rotatable bonds is 3. The van der Waals surface area contributed by atoms with Gasteiger partial charge in [0.25, 0.3) is 0 Å². The normalized spacial score (nSPS) is 30.4. The number of nitrogens with zero attached hydrogens (tertiary/aromatic N) is 1. The predicted octanol–water partition coefficient (Wildman–Crippen LogP) is 2.05. The molecule has 2 rings (SSSR count). The van der Waals surface area contributed by atoms with E-state index in [0.29, 0.717) is 12.8 Å². The van der Waals surface area contributed by atoms with Crippen LogP contribution in [-0.4, -0.2) is 34.3 Å². The maximum Gasteiger partial charge on any atom is 0.311 e. The van der Waals surface area contributed by atoms with E-state index in [1.54, 1.807) is 13.8 Å². The standard InChI is InChI=1S/C15H23NO4/c1-10-11(2)13(18)16(12(10)17)9-15(14(19)20)7-5-3-4-6-8-15/h10-11H,3-9H2,1-2H3,(H,19,20). The lowest BCUT2D eigenvalue weighted by molar-refractivity contribution is -0.154. The van der Waals surface area contributed by atoms with E-state index in [4.69, 9.17) is 0 Å². The minimum atomic E-state index is -0.939. The molecule has 2 unspecified atom stereocenters. The molecule has 1 heterocycles. The summed E-state index contributed by atoms with van der Waals surface area (Å²) in [4.78, 5) is 37.3. The van der Waals surface area contributed by atoms with Crippen LogP contribution < -0.4 is 0 Å². The fourth-order valence-electron chi connectivity index (χ4n) is 3.33. The largest absolute Gasteiger partial charge is 0.481 e. The molecule has 1 saturated carbocycles. The van der Waals surface area contributed by atoms with Crippen molar-refractivity contribution in [3.63, 3.8) is 0 Å². The molecule has 2 amide bonds. The van der Waals surface area contributed by atoms with Gasteiger partial charge in [-0.2, -0.15) is 0 Å². The average molecular weight is 281 g/mol. The van der Waals surface area contributed by atoms with Crippen molar-refractivity contribution in [1.82, 2.24) is 4.90 Å². The minimum absolute atomic E-state index is 0.0503. The zero-order valence-electron chi connectivity index (χ0n) is 12.2. The summed E-state index contributed by atoms with van der Waals surface area (Å²) >= 11 is 0. The van der Waals surface area contributed by atoms with Crippen LogP contribution in [0.3, 0.4) is 0 Å². The molecule has 0 radical (unpaired) electrons. The van der Waals surface area contributed by atoms with Crippen LogP contribution >= 0.6 is 0 Å². The topological polar surface area (TPSA) is 74.7 Å². The van der Waals surface area contributed by atoms with Gasteiger partial charge in [0.1, 0.15) is 0 Å². The summed E-state index contributed by atoms with van der Waals surface area (Å²) in [6.45, 7) is 3.53. The number of carbonyl (C=O) groups is 3. The highest BCUT2D eigenvalue weighted by Gasteiger charge is 2.48. The van der Waals surface area contributed by atoms with Crippen molar-refractivity contribution in [1.29, 1.82) is 0 Å². The molecule has 1 aliphatic carbocycles. The Morgan fingerprint density at radius 3 is 1.95 bits per heavy atom. The van der Waals surface area contributed by atoms with E-state index in [9.17, 15) is 19.5 Å². The third-order valence-corrected chi connectivity index (χ3v) is 5.04. The van der Waals surface area contributed by atoms with Crippen LogP contribution in [0.1, 0.15) is 52.4 Å². The van der Waals surface area contributed by atoms with Gasteiger partial charge in [-0.3, -0.25) is 19.3 Å². The smallest absolute Gasteiger partial charge is 0.311 e. The first-order valence-electron chi connectivity index (χ1n) is 7.48. The van der Waals surface area contributed by atoms with Crippen LogP contribution in [0.2, 0.25) is 0 Å². The van der Waals surface area contributed by atoms with Crippen molar-refractivity contribution in [2.24, 2.45) is 17.3 Å². The van der Waals surface area contributed by atoms with Crippen molar-refractivity contribution in [2.75, 3.05) is 6.54 Å². The van der Waals surface area contributed by atoms with Crippen LogP contribution in [0, 0.1) is 17.3 Å². The molecule has 0 aromatic carbocycles. The van der Waals surface area contributed by atoms with Gasteiger partial charge in [0.2, 0.25) is 11.8 Å². The maximum atomic E-state index is 12.2. The number of imide groups is 1. The Bertz CT molecular complexity index is 404. The third kappa shape index (κ3) is 2.45. The Labute approximate surface area is 119 Å². The fraction of sp³-hybridized carbons (Fsp3) is 0.800. The molecule has 1 saturated heterocycles. The molecule has 0 spiro atoms. The summed E-state index contributed by atoms with van der Waals surface area (Å²) in [5.74, 6) is -1.97. The van der Waals surface area contributed by atoms with E-state index in [1.807, 2.05) is 0 Å². The summed E-state index contributed by atoms with van der Waals surface area (Å²) in [6, 6.07) is 0. The Morgan fingerprint density at radius 2 is 1.55 bits per heavy atom. The van der Waals surface area contributed by atoms with Gasteiger partial charge in [0.15, 0.2) is 0 Å². The highest BCUT2D eigenvalue weighted by atomic mass is 16.4. The van der Waals surface area contributed by atoms with Crippen LogP contribution in [0.5, 0.6) is 0 Å². The SMILES string of the molecule is CC1C(=O)N(CC2(C(=O)O)CCCCCC2)C(=O)C1C. The first-order valence-corrected chi connectivity index (χ1v) is 7.48. The molecule has 1 N–H and O–H groups in total. The number of hydrogen-bond acceptors (Lipinski definition) is 3. The van der Waals surface area contributed by atoms with Gasteiger partial charge in [-0.05, 0) is 12.8 Å². The van der Waals surface area contributed by atoms with Crippen molar-refractivity contribution >= 4 is 17.8 Å². The van der Waals surface area contributed by atoms with Gasteiger partial charge in [0.05, 0.1) is 5.41 Å². The zero-order chi connectivity index (χ0) is 14.9. The van der Waals surface area contributed by atoms with Gasteiger partial charge in [-0.25, -0.2) is 0 Å². The van der Waals surface area contributed by atoms with E-state index < -0.39 is 11.4 Å². The van der Waals surface area contributed by atoms with Crippen molar-refractivity contribution in [3.05, 3.63) is 0 Å². The van der Waals surface area contributed by atoms with Crippen molar-refractivity contribution < 1.29 is 19.5 Å². The Hall–Kier alpha value is -1.39. The Kier molecular flexibility index (Phi) is 4.16. The van der Waals surface area contributed by atoms with Gasteiger partial charge >= 0.3 is 5.97 Å². The predicted molar refractivity (Wildman–Crippen MR) is 72.8 cm³/mol. The molecular weight excluding hydrogens is 258 g/mol. The van der Waals surface area contributed by atoms with Crippen LogP contribution in [0.25, 0.3) is 0 Å². The molecule has 5 nitrogen and oxygen atoms in total. The number of carbonyl (C=O) groups excluding carboxylic acids is 2. The lowest BCUT2D eigenvalue weighted by atomic mass is 9.80. The van der Waals surface area contributed by atoms with E-state index in [0.717, 1.165) is 25.7 Å². The number of carboxylic acid groups (broad SMARTS) is 1. The van der Waals surface area contributed by atoms with Crippen molar-refractivity contribution in [3.8, 4) is 0 Å². The molecule has 1 aliphatic heterocycles. The molecule has 0 aromatic rings.